The summed E-state index contributed by atoms with van der Waals surface area (Å²) in [5.74, 6) is -0.461. The highest BCUT2D eigenvalue weighted by Crippen LogP contribution is 2.39. The van der Waals surface area contributed by atoms with Crippen molar-refractivity contribution in [2.24, 2.45) is 0 Å². The van der Waals surface area contributed by atoms with Gasteiger partial charge in [-0.3, -0.25) is 0 Å². The van der Waals surface area contributed by atoms with Gasteiger partial charge in [-0.1, -0.05) is 74.3 Å². The molecule has 24 heavy (non-hydrogen) atoms. The normalized spacial score (nSPS) is 12.8. The van der Waals surface area contributed by atoms with E-state index < -0.39 is 11.6 Å². The van der Waals surface area contributed by atoms with Crippen LogP contribution in [0.15, 0.2) is 79.9 Å². The lowest BCUT2D eigenvalue weighted by atomic mass is 9.81. The van der Waals surface area contributed by atoms with E-state index in [0.29, 0.717) is 5.57 Å². The first-order valence-electron chi connectivity index (χ1n) is 7.76. The Labute approximate surface area is 143 Å². The molecule has 0 aliphatic carbocycles. The van der Waals surface area contributed by atoms with Gasteiger partial charge in [0.1, 0.15) is 0 Å². The van der Waals surface area contributed by atoms with Gasteiger partial charge in [0.15, 0.2) is 5.60 Å². The van der Waals surface area contributed by atoms with Gasteiger partial charge in [-0.05, 0) is 31.1 Å². The zero-order valence-corrected chi connectivity index (χ0v) is 14.2. The molecule has 1 unspecified atom stereocenters. The van der Waals surface area contributed by atoms with Crippen molar-refractivity contribution in [2.75, 3.05) is 0 Å². The third kappa shape index (κ3) is 3.09. The van der Waals surface area contributed by atoms with E-state index in [4.69, 9.17) is 4.74 Å². The van der Waals surface area contributed by atoms with Crippen molar-refractivity contribution in [1.29, 1.82) is 0 Å². The Kier molecular flexibility index (Phi) is 5.20. The zero-order valence-electron chi connectivity index (χ0n) is 14.2. The largest absolute Gasteiger partial charge is 0.442 e. The van der Waals surface area contributed by atoms with Crippen molar-refractivity contribution < 1.29 is 9.53 Å². The van der Waals surface area contributed by atoms with Crippen molar-refractivity contribution in [3.63, 3.8) is 0 Å². The first-order valence-corrected chi connectivity index (χ1v) is 7.76. The summed E-state index contributed by atoms with van der Waals surface area (Å²) in [7, 11) is 0. The van der Waals surface area contributed by atoms with Gasteiger partial charge in [-0.25, -0.2) is 4.79 Å². The van der Waals surface area contributed by atoms with Crippen molar-refractivity contribution in [2.45, 2.75) is 19.4 Å². The number of hydrogen-bond donors (Lipinski definition) is 0. The molecule has 0 aromatic heterocycles. The van der Waals surface area contributed by atoms with Gasteiger partial charge in [0.25, 0.3) is 0 Å². The Hall–Kier alpha value is -2.87. The van der Waals surface area contributed by atoms with Crippen molar-refractivity contribution in [3.8, 4) is 0 Å². The average molecular weight is 318 g/mol. The molecule has 2 heteroatoms. The van der Waals surface area contributed by atoms with Crippen molar-refractivity contribution in [1.82, 2.24) is 0 Å². The highest BCUT2D eigenvalue weighted by Gasteiger charge is 2.38. The lowest BCUT2D eigenvalue weighted by molar-refractivity contribution is -0.147. The van der Waals surface area contributed by atoms with E-state index in [1.165, 1.54) is 0 Å². The van der Waals surface area contributed by atoms with Gasteiger partial charge < -0.3 is 4.74 Å². The minimum atomic E-state index is -1.10. The van der Waals surface area contributed by atoms with Crippen molar-refractivity contribution >= 4 is 12.0 Å². The maximum absolute atomic E-state index is 12.4. The lowest BCUT2D eigenvalue weighted by Crippen LogP contribution is -2.33. The fourth-order valence-electron chi connectivity index (χ4n) is 2.75. The van der Waals surface area contributed by atoms with E-state index in [0.717, 1.165) is 22.3 Å². The molecule has 2 aromatic carbocycles. The van der Waals surface area contributed by atoms with Crippen LogP contribution < -0.4 is 0 Å². The van der Waals surface area contributed by atoms with Crippen LogP contribution in [0.1, 0.15) is 29.2 Å². The molecule has 2 aromatic rings. The van der Waals surface area contributed by atoms with Crippen LogP contribution in [0.3, 0.4) is 0 Å². The second-order valence-corrected chi connectivity index (χ2v) is 5.72. The number of carbonyl (C=O) groups excluding carboxylic acids is 1. The molecule has 0 spiro atoms. The van der Waals surface area contributed by atoms with Gasteiger partial charge in [-0.2, -0.15) is 0 Å². The summed E-state index contributed by atoms with van der Waals surface area (Å²) in [4.78, 5) is 12.4. The van der Waals surface area contributed by atoms with Crippen LogP contribution in [-0.4, -0.2) is 5.97 Å². The Morgan fingerprint density at radius 2 is 1.62 bits per heavy atom. The number of esters is 1. The first kappa shape index (κ1) is 17.5. The Morgan fingerprint density at radius 3 is 2.17 bits per heavy atom. The molecule has 0 bridgehead atoms. The maximum Gasteiger partial charge on any atom is 0.334 e. The zero-order chi connectivity index (χ0) is 17.7. The predicted octanol–water partition coefficient (Wildman–Crippen LogP) is 5.19. The second-order valence-electron chi connectivity index (χ2n) is 5.72. The number of ether oxygens (including phenoxy) is 1. The van der Waals surface area contributed by atoms with Gasteiger partial charge in [0.2, 0.25) is 0 Å². The Bertz CT molecular complexity index is 801. The monoisotopic (exact) mass is 318 g/mol. The highest BCUT2D eigenvalue weighted by molar-refractivity contribution is 5.88. The summed E-state index contributed by atoms with van der Waals surface area (Å²) in [5, 5.41) is 0. The second kappa shape index (κ2) is 7.14. The van der Waals surface area contributed by atoms with E-state index >= 15 is 0 Å². The van der Waals surface area contributed by atoms with E-state index in [-0.39, 0.29) is 0 Å². The summed E-state index contributed by atoms with van der Waals surface area (Å²) in [6.45, 7) is 15.2. The van der Waals surface area contributed by atoms with Gasteiger partial charge in [0, 0.05) is 16.7 Å². The topological polar surface area (TPSA) is 26.3 Å². The molecule has 0 radical (unpaired) electrons. The summed E-state index contributed by atoms with van der Waals surface area (Å²) in [6, 6.07) is 15.5. The fourth-order valence-corrected chi connectivity index (χ4v) is 2.75. The number of hydrogen-bond acceptors (Lipinski definition) is 2. The van der Waals surface area contributed by atoms with Crippen LogP contribution in [0.2, 0.25) is 0 Å². The summed E-state index contributed by atoms with van der Waals surface area (Å²) < 4.78 is 5.94. The molecule has 0 aliphatic rings. The molecule has 0 N–H and O–H groups in total. The molecular weight excluding hydrogens is 296 g/mol. The van der Waals surface area contributed by atoms with E-state index in [1.54, 1.807) is 19.1 Å². The average Bonchev–Trinajstić information content (AvgIpc) is 2.60. The molecule has 0 amide bonds. The molecule has 0 aliphatic heterocycles. The lowest BCUT2D eigenvalue weighted by Gasteiger charge is -2.34. The number of benzene rings is 2. The summed E-state index contributed by atoms with van der Waals surface area (Å²) in [5.41, 5.74) is 2.81. The fraction of sp³-hybridized carbons (Fsp3) is 0.136. The van der Waals surface area contributed by atoms with Crippen LogP contribution in [0, 0.1) is 6.92 Å². The molecule has 0 heterocycles. The molecule has 2 nitrogen and oxygen atoms in total. The molecule has 1 atom stereocenters. The number of aryl methyl sites for hydroxylation is 1. The third-order valence-corrected chi connectivity index (χ3v) is 4.02. The SMILES string of the molecule is C=Cc1ccccc1C(C=C)(OC(=O)C(=C)C)c1ccccc1C. The van der Waals surface area contributed by atoms with Crippen LogP contribution in [-0.2, 0) is 15.1 Å². The minimum Gasteiger partial charge on any atom is -0.442 e. The Morgan fingerprint density at radius 1 is 1.04 bits per heavy atom. The minimum absolute atomic E-state index is 0.339. The molecular formula is C22H22O2. The van der Waals surface area contributed by atoms with E-state index in [1.807, 2.05) is 55.5 Å². The van der Waals surface area contributed by atoms with Crippen molar-refractivity contribution in [3.05, 3.63) is 102 Å². The highest BCUT2D eigenvalue weighted by atomic mass is 16.6. The molecule has 0 fully saturated rings. The van der Waals surface area contributed by atoms with Gasteiger partial charge in [-0.15, -0.1) is 0 Å². The third-order valence-electron chi connectivity index (χ3n) is 4.02. The van der Waals surface area contributed by atoms with Gasteiger partial charge >= 0.3 is 5.97 Å². The van der Waals surface area contributed by atoms with Gasteiger partial charge in [0.05, 0.1) is 0 Å². The van der Waals surface area contributed by atoms with Crippen LogP contribution in [0.4, 0.5) is 0 Å². The molecule has 0 saturated heterocycles. The molecule has 0 saturated carbocycles. The predicted molar refractivity (Wildman–Crippen MR) is 99.6 cm³/mol. The molecule has 122 valence electrons. The number of carbonyl (C=O) groups is 1. The smallest absolute Gasteiger partial charge is 0.334 e. The maximum atomic E-state index is 12.4. The molecule has 2 rings (SSSR count). The van der Waals surface area contributed by atoms with Crippen LogP contribution in [0.5, 0.6) is 0 Å². The summed E-state index contributed by atoms with van der Waals surface area (Å²) in [6.07, 6.45) is 3.42. The standard InChI is InChI=1S/C22H22O2/c1-6-18-13-9-11-15-20(18)22(7-2,24-21(23)16(3)4)19-14-10-8-12-17(19)5/h6-15H,1-3H2,4-5H3. The van der Waals surface area contributed by atoms with E-state index in [2.05, 4.69) is 19.7 Å². The van der Waals surface area contributed by atoms with Crippen LogP contribution >= 0.6 is 0 Å². The van der Waals surface area contributed by atoms with Crippen LogP contribution in [0.25, 0.3) is 6.08 Å². The van der Waals surface area contributed by atoms with E-state index in [9.17, 15) is 4.79 Å². The first-order chi connectivity index (χ1) is 11.5. The summed E-state index contributed by atoms with van der Waals surface area (Å²) >= 11 is 0. The Balaban J connectivity index is 2.80. The quantitative estimate of drug-likeness (QED) is 0.416. The number of rotatable bonds is 6.